The second-order valence-corrected chi connectivity index (χ2v) is 9.79. The van der Waals surface area contributed by atoms with Gasteiger partial charge in [-0.2, -0.15) is 0 Å². The van der Waals surface area contributed by atoms with Crippen LogP contribution in [0.2, 0.25) is 0 Å². The zero-order valence-corrected chi connectivity index (χ0v) is 22.5. The van der Waals surface area contributed by atoms with E-state index in [0.29, 0.717) is 18.8 Å². The third-order valence-electron chi connectivity index (χ3n) is 6.76. The monoisotopic (exact) mass is 563 g/mol. The van der Waals surface area contributed by atoms with Gasteiger partial charge in [0.25, 0.3) is 0 Å². The van der Waals surface area contributed by atoms with E-state index in [1.807, 2.05) is 0 Å². The van der Waals surface area contributed by atoms with E-state index in [4.69, 9.17) is 9.47 Å². The standard InChI is InChI=1S/C34H29NO7/c36-27-11-1-23(2-12-27)6-20-34(40)41-30-17-3-24(4-18-30)5-19-33(39)35-21-31(25-7-13-28(37)14-8-25)42-32(22-35)26-9-15-29(38)16-10-26/h1-20,31-32,36-38H,21-22H2/b19-5-,20-6+/t31-,32-/m0/s1. The van der Waals surface area contributed by atoms with E-state index in [0.717, 1.165) is 22.3 Å². The third-order valence-corrected chi connectivity index (χ3v) is 6.76. The molecule has 1 amide bonds. The highest BCUT2D eigenvalue weighted by atomic mass is 16.5. The molecule has 0 aliphatic carbocycles. The molecule has 4 aromatic rings. The lowest BCUT2D eigenvalue weighted by Crippen LogP contribution is -2.43. The number of morpholine rings is 1. The summed E-state index contributed by atoms with van der Waals surface area (Å²) >= 11 is 0. The van der Waals surface area contributed by atoms with E-state index in [1.54, 1.807) is 102 Å². The molecule has 0 unspecified atom stereocenters. The van der Waals surface area contributed by atoms with Crippen LogP contribution in [-0.4, -0.2) is 45.2 Å². The Morgan fingerprint density at radius 3 is 1.57 bits per heavy atom. The number of nitrogens with zero attached hydrogens (tertiary/aromatic N) is 1. The van der Waals surface area contributed by atoms with Crippen LogP contribution in [0, 0.1) is 0 Å². The Labute approximate surface area is 243 Å². The number of esters is 1. The van der Waals surface area contributed by atoms with E-state index < -0.39 is 18.2 Å². The molecule has 0 aromatic heterocycles. The van der Waals surface area contributed by atoms with Gasteiger partial charge >= 0.3 is 5.97 Å². The number of hydrogen-bond donors (Lipinski definition) is 3. The average Bonchev–Trinajstić information content (AvgIpc) is 3.01. The summed E-state index contributed by atoms with van der Waals surface area (Å²) in [6, 6.07) is 26.6. The van der Waals surface area contributed by atoms with E-state index in [2.05, 4.69) is 0 Å². The fourth-order valence-electron chi connectivity index (χ4n) is 4.50. The van der Waals surface area contributed by atoms with Crippen molar-refractivity contribution in [2.24, 2.45) is 0 Å². The Bertz CT molecular complexity index is 1520. The van der Waals surface area contributed by atoms with Gasteiger partial charge in [0.2, 0.25) is 5.91 Å². The molecule has 3 N–H and O–H groups in total. The number of aromatic hydroxyl groups is 3. The van der Waals surface area contributed by atoms with Crippen LogP contribution < -0.4 is 4.74 Å². The molecule has 1 heterocycles. The molecule has 1 aliphatic rings. The number of amides is 1. The summed E-state index contributed by atoms with van der Waals surface area (Å²) < 4.78 is 11.7. The van der Waals surface area contributed by atoms with Crippen molar-refractivity contribution in [3.8, 4) is 23.0 Å². The van der Waals surface area contributed by atoms with Crippen molar-refractivity contribution in [1.29, 1.82) is 0 Å². The summed E-state index contributed by atoms with van der Waals surface area (Å²) in [5, 5.41) is 28.7. The first-order valence-electron chi connectivity index (χ1n) is 13.3. The maximum atomic E-state index is 13.3. The molecule has 4 aromatic carbocycles. The number of benzene rings is 4. The topological polar surface area (TPSA) is 117 Å². The summed E-state index contributed by atoms with van der Waals surface area (Å²) in [5.41, 5.74) is 3.17. The van der Waals surface area contributed by atoms with Crippen molar-refractivity contribution in [3.05, 3.63) is 131 Å². The molecule has 5 rings (SSSR count). The minimum atomic E-state index is -0.541. The first-order valence-corrected chi connectivity index (χ1v) is 13.3. The second-order valence-electron chi connectivity index (χ2n) is 9.79. The SMILES string of the molecule is O=C(/C=C/c1ccc(O)cc1)Oc1ccc(/C=C\C(=O)N2C[C@@H](c3ccc(O)cc3)O[C@H](c3ccc(O)cc3)C2)cc1. The van der Waals surface area contributed by atoms with Crippen molar-refractivity contribution in [3.63, 3.8) is 0 Å². The molecule has 0 bridgehead atoms. The van der Waals surface area contributed by atoms with E-state index >= 15 is 0 Å². The Morgan fingerprint density at radius 1 is 0.643 bits per heavy atom. The summed E-state index contributed by atoms with van der Waals surface area (Å²) in [5.74, 6) is 0.0622. The van der Waals surface area contributed by atoms with E-state index in [-0.39, 0.29) is 23.2 Å². The molecular formula is C34H29NO7. The Kier molecular flexibility index (Phi) is 8.65. The largest absolute Gasteiger partial charge is 0.508 e. The fourth-order valence-corrected chi connectivity index (χ4v) is 4.50. The van der Waals surface area contributed by atoms with Gasteiger partial charge in [-0.15, -0.1) is 0 Å². The lowest BCUT2D eigenvalue weighted by Gasteiger charge is -2.38. The third kappa shape index (κ3) is 7.44. The molecule has 8 nitrogen and oxygen atoms in total. The van der Waals surface area contributed by atoms with Gasteiger partial charge in [-0.25, -0.2) is 4.79 Å². The Balaban J connectivity index is 1.23. The predicted octanol–water partition coefficient (Wildman–Crippen LogP) is 5.78. The zero-order chi connectivity index (χ0) is 29.5. The van der Waals surface area contributed by atoms with Crippen LogP contribution in [0.25, 0.3) is 12.2 Å². The fraction of sp³-hybridized carbons (Fsp3) is 0.118. The van der Waals surface area contributed by atoms with Gasteiger partial charge in [0.05, 0.1) is 13.1 Å². The normalized spacial score (nSPS) is 17.0. The number of hydrogen-bond acceptors (Lipinski definition) is 7. The summed E-state index contributed by atoms with van der Waals surface area (Å²) in [7, 11) is 0. The molecule has 212 valence electrons. The van der Waals surface area contributed by atoms with Crippen LogP contribution in [0.15, 0.2) is 109 Å². The van der Waals surface area contributed by atoms with Gasteiger partial charge < -0.3 is 29.7 Å². The van der Waals surface area contributed by atoms with Crippen LogP contribution in [-0.2, 0) is 14.3 Å². The smallest absolute Gasteiger partial charge is 0.336 e. The van der Waals surface area contributed by atoms with Gasteiger partial charge in [0.15, 0.2) is 0 Å². The van der Waals surface area contributed by atoms with Gasteiger partial charge in [0.1, 0.15) is 35.2 Å². The first-order chi connectivity index (χ1) is 20.3. The van der Waals surface area contributed by atoms with Crippen molar-refractivity contribution in [2.45, 2.75) is 12.2 Å². The van der Waals surface area contributed by atoms with Crippen LogP contribution in [0.3, 0.4) is 0 Å². The van der Waals surface area contributed by atoms with Gasteiger partial charge in [-0.1, -0.05) is 48.5 Å². The molecular weight excluding hydrogens is 534 g/mol. The summed E-state index contributed by atoms with van der Waals surface area (Å²) in [4.78, 5) is 27.1. The molecule has 0 radical (unpaired) electrons. The predicted molar refractivity (Wildman–Crippen MR) is 158 cm³/mol. The lowest BCUT2D eigenvalue weighted by atomic mass is 10.0. The number of rotatable bonds is 7. The molecule has 2 atom stereocenters. The van der Waals surface area contributed by atoms with Gasteiger partial charge in [-0.05, 0) is 82.9 Å². The maximum absolute atomic E-state index is 13.3. The maximum Gasteiger partial charge on any atom is 0.336 e. The number of carbonyl (C=O) groups is 2. The first kappa shape index (κ1) is 28.2. The number of carbonyl (C=O) groups excluding carboxylic acids is 2. The second kappa shape index (κ2) is 12.9. The van der Waals surface area contributed by atoms with Crippen molar-refractivity contribution >= 4 is 24.0 Å². The summed E-state index contributed by atoms with van der Waals surface area (Å²) in [6.45, 7) is 0.657. The average molecular weight is 564 g/mol. The van der Waals surface area contributed by atoms with Crippen LogP contribution in [0.4, 0.5) is 0 Å². The molecule has 0 saturated carbocycles. The van der Waals surface area contributed by atoms with Crippen LogP contribution >= 0.6 is 0 Å². The zero-order valence-electron chi connectivity index (χ0n) is 22.5. The van der Waals surface area contributed by atoms with E-state index in [9.17, 15) is 24.9 Å². The molecule has 1 aliphatic heterocycles. The highest BCUT2D eigenvalue weighted by Crippen LogP contribution is 2.34. The number of ether oxygens (including phenoxy) is 2. The highest BCUT2D eigenvalue weighted by Gasteiger charge is 2.31. The van der Waals surface area contributed by atoms with Gasteiger partial charge in [-0.3, -0.25) is 4.79 Å². The van der Waals surface area contributed by atoms with Gasteiger partial charge in [0, 0.05) is 12.2 Å². The molecule has 8 heteroatoms. The van der Waals surface area contributed by atoms with E-state index in [1.165, 1.54) is 24.3 Å². The minimum Gasteiger partial charge on any atom is -0.508 e. The van der Waals surface area contributed by atoms with Crippen LogP contribution in [0.5, 0.6) is 23.0 Å². The molecule has 1 saturated heterocycles. The van der Waals surface area contributed by atoms with Crippen LogP contribution in [0.1, 0.15) is 34.5 Å². The quantitative estimate of drug-likeness (QED) is 0.148. The van der Waals surface area contributed by atoms with Crippen molar-refractivity contribution in [1.82, 2.24) is 4.90 Å². The molecule has 42 heavy (non-hydrogen) atoms. The van der Waals surface area contributed by atoms with Crippen molar-refractivity contribution in [2.75, 3.05) is 13.1 Å². The number of phenols is 3. The molecule has 0 spiro atoms. The number of phenolic OH excluding ortho intramolecular Hbond substituents is 3. The Hall–Kier alpha value is -5.34. The summed E-state index contributed by atoms with van der Waals surface area (Å²) in [6.07, 6.45) is 5.26. The minimum absolute atomic E-state index is 0.145. The lowest BCUT2D eigenvalue weighted by molar-refractivity contribution is -0.141. The van der Waals surface area contributed by atoms with Crippen molar-refractivity contribution < 1.29 is 34.4 Å². The highest BCUT2D eigenvalue weighted by molar-refractivity contribution is 5.92. The molecule has 1 fully saturated rings. The Morgan fingerprint density at radius 2 is 1.07 bits per heavy atom.